The summed E-state index contributed by atoms with van der Waals surface area (Å²) < 4.78 is 13.0. The first kappa shape index (κ1) is 25.4. The van der Waals surface area contributed by atoms with E-state index >= 15 is 0 Å². The number of hydrogen-bond donors (Lipinski definition) is 2. The van der Waals surface area contributed by atoms with Crippen LogP contribution in [0.4, 0.5) is 0 Å². The number of phenolic OH excluding ortho intramolecular Hbond substituents is 1. The van der Waals surface area contributed by atoms with Crippen molar-refractivity contribution in [1.82, 2.24) is 5.43 Å². The van der Waals surface area contributed by atoms with E-state index in [1.54, 1.807) is 36.4 Å². The Hall–Kier alpha value is -2.26. The zero-order valence-electron chi connectivity index (χ0n) is 17.2. The Morgan fingerprint density at radius 3 is 2.64 bits per heavy atom. The van der Waals surface area contributed by atoms with Gasteiger partial charge < -0.3 is 14.6 Å². The second-order valence-electron chi connectivity index (χ2n) is 6.65. The van der Waals surface area contributed by atoms with Crippen LogP contribution in [0.3, 0.4) is 0 Å². The molecular formula is C23H18Br2Cl2N2O4. The first-order valence-corrected chi connectivity index (χ1v) is 12.0. The van der Waals surface area contributed by atoms with E-state index in [1.807, 2.05) is 6.92 Å². The first-order chi connectivity index (χ1) is 15.8. The molecule has 0 atom stereocenters. The predicted molar refractivity (Wildman–Crippen MR) is 137 cm³/mol. The molecule has 0 radical (unpaired) electrons. The highest BCUT2D eigenvalue weighted by atomic mass is 79.9. The van der Waals surface area contributed by atoms with Crippen LogP contribution in [0.25, 0.3) is 0 Å². The van der Waals surface area contributed by atoms with Gasteiger partial charge in [0.2, 0.25) is 0 Å². The van der Waals surface area contributed by atoms with Crippen LogP contribution < -0.4 is 14.9 Å². The Labute approximate surface area is 217 Å². The zero-order chi connectivity index (χ0) is 24.0. The number of phenols is 1. The minimum absolute atomic E-state index is 0.0994. The van der Waals surface area contributed by atoms with E-state index in [9.17, 15) is 9.90 Å². The molecule has 6 nitrogen and oxygen atoms in total. The number of ether oxygens (including phenoxy) is 2. The Morgan fingerprint density at radius 2 is 1.91 bits per heavy atom. The fourth-order valence-corrected chi connectivity index (χ4v) is 4.17. The third-order valence-electron chi connectivity index (χ3n) is 4.30. The third-order valence-corrected chi connectivity index (χ3v) is 5.97. The SMILES string of the molecule is CCOc1cc(/C=N\NC(=O)c2cc(Br)ccc2O)cc(Br)c1OCc1ccc(Cl)cc1Cl. The fourth-order valence-electron chi connectivity index (χ4n) is 2.77. The lowest BCUT2D eigenvalue weighted by Gasteiger charge is -2.15. The van der Waals surface area contributed by atoms with Crippen molar-refractivity contribution in [2.24, 2.45) is 5.10 Å². The van der Waals surface area contributed by atoms with Gasteiger partial charge in [-0.1, -0.05) is 45.2 Å². The zero-order valence-corrected chi connectivity index (χ0v) is 21.9. The summed E-state index contributed by atoms with van der Waals surface area (Å²) in [6.07, 6.45) is 1.46. The normalized spacial score (nSPS) is 10.9. The molecule has 0 aromatic heterocycles. The summed E-state index contributed by atoms with van der Waals surface area (Å²) in [5.41, 5.74) is 3.93. The van der Waals surface area contributed by atoms with Gasteiger partial charge >= 0.3 is 0 Å². The summed E-state index contributed by atoms with van der Waals surface area (Å²) >= 11 is 18.9. The number of hydrazone groups is 1. The molecule has 0 saturated heterocycles. The maximum Gasteiger partial charge on any atom is 0.275 e. The van der Waals surface area contributed by atoms with Gasteiger partial charge in [-0.15, -0.1) is 0 Å². The molecule has 1 amide bonds. The topological polar surface area (TPSA) is 80.2 Å². The van der Waals surface area contributed by atoms with Crippen LogP contribution in [0.15, 0.2) is 62.6 Å². The molecule has 0 aliphatic rings. The summed E-state index contributed by atoms with van der Waals surface area (Å²) in [5, 5.41) is 14.9. The number of carbonyl (C=O) groups is 1. The van der Waals surface area contributed by atoms with Crippen molar-refractivity contribution in [1.29, 1.82) is 0 Å². The average Bonchev–Trinajstić information content (AvgIpc) is 2.76. The summed E-state index contributed by atoms with van der Waals surface area (Å²) in [6, 6.07) is 13.3. The van der Waals surface area contributed by atoms with Crippen molar-refractivity contribution in [2.45, 2.75) is 13.5 Å². The van der Waals surface area contributed by atoms with Gasteiger partial charge in [0.1, 0.15) is 12.4 Å². The van der Waals surface area contributed by atoms with Crippen LogP contribution in [0.2, 0.25) is 10.0 Å². The molecule has 0 bridgehead atoms. The Balaban J connectivity index is 1.75. The Kier molecular flexibility index (Phi) is 9.02. The van der Waals surface area contributed by atoms with E-state index in [0.717, 1.165) is 5.56 Å². The molecule has 3 aromatic rings. The van der Waals surface area contributed by atoms with Crippen molar-refractivity contribution in [3.05, 3.63) is 84.2 Å². The number of benzene rings is 3. The highest BCUT2D eigenvalue weighted by Gasteiger charge is 2.14. The molecule has 0 unspecified atom stereocenters. The number of hydrogen-bond acceptors (Lipinski definition) is 5. The van der Waals surface area contributed by atoms with Gasteiger partial charge in [-0.2, -0.15) is 5.10 Å². The fraction of sp³-hybridized carbons (Fsp3) is 0.130. The van der Waals surface area contributed by atoms with E-state index in [2.05, 4.69) is 42.4 Å². The molecule has 0 heterocycles. The lowest BCUT2D eigenvalue weighted by atomic mass is 10.2. The lowest BCUT2D eigenvalue weighted by molar-refractivity contribution is 0.0952. The van der Waals surface area contributed by atoms with Gasteiger partial charge in [-0.25, -0.2) is 5.43 Å². The molecule has 0 aliphatic carbocycles. The Bertz CT molecular complexity index is 1210. The first-order valence-electron chi connectivity index (χ1n) is 9.63. The maximum atomic E-state index is 12.3. The van der Waals surface area contributed by atoms with Crippen LogP contribution >= 0.6 is 55.1 Å². The number of rotatable bonds is 8. The largest absolute Gasteiger partial charge is 0.507 e. The second-order valence-corrected chi connectivity index (χ2v) is 9.26. The molecule has 0 spiro atoms. The van der Waals surface area contributed by atoms with Gasteiger partial charge in [0.25, 0.3) is 5.91 Å². The van der Waals surface area contributed by atoms with Crippen LogP contribution in [-0.2, 0) is 6.61 Å². The maximum absolute atomic E-state index is 12.3. The average molecular weight is 617 g/mol. The molecule has 0 saturated carbocycles. The highest BCUT2D eigenvalue weighted by molar-refractivity contribution is 9.10. The minimum atomic E-state index is -0.547. The van der Waals surface area contributed by atoms with Gasteiger partial charge in [0.15, 0.2) is 11.5 Å². The van der Waals surface area contributed by atoms with Crippen LogP contribution in [0.1, 0.15) is 28.4 Å². The second kappa shape index (κ2) is 11.7. The summed E-state index contributed by atoms with van der Waals surface area (Å²) in [5.74, 6) is 0.306. The molecule has 3 aromatic carbocycles. The van der Waals surface area contributed by atoms with Crippen molar-refractivity contribution >= 4 is 67.2 Å². The van der Waals surface area contributed by atoms with E-state index in [-0.39, 0.29) is 17.9 Å². The number of amides is 1. The molecule has 0 aliphatic heterocycles. The number of nitrogens with one attached hydrogen (secondary N) is 1. The van der Waals surface area contributed by atoms with E-state index < -0.39 is 5.91 Å². The summed E-state index contributed by atoms with van der Waals surface area (Å²) in [6.45, 7) is 2.50. The lowest BCUT2D eigenvalue weighted by Crippen LogP contribution is -2.17. The molecule has 172 valence electrons. The van der Waals surface area contributed by atoms with Crippen molar-refractivity contribution in [2.75, 3.05) is 6.61 Å². The quantitative estimate of drug-likeness (QED) is 0.212. The predicted octanol–water partition coefficient (Wildman–Crippen LogP) is 6.97. The Morgan fingerprint density at radius 1 is 1.12 bits per heavy atom. The highest BCUT2D eigenvalue weighted by Crippen LogP contribution is 2.37. The monoisotopic (exact) mass is 614 g/mol. The van der Waals surface area contributed by atoms with Gasteiger partial charge in [0, 0.05) is 20.1 Å². The third kappa shape index (κ3) is 6.86. The standard InChI is InChI=1S/C23H18Br2Cl2N2O4/c1-2-32-21-8-13(11-28-29-23(31)17-9-15(24)4-6-20(17)30)7-18(25)22(21)33-12-14-3-5-16(26)10-19(14)27/h3-11,30H,2,12H2,1H3,(H,29,31)/b28-11-. The summed E-state index contributed by atoms with van der Waals surface area (Å²) in [4.78, 5) is 12.3. The number of nitrogens with zero attached hydrogens (tertiary/aromatic N) is 1. The summed E-state index contributed by atoms with van der Waals surface area (Å²) in [7, 11) is 0. The van der Waals surface area contributed by atoms with Crippen molar-refractivity contribution < 1.29 is 19.4 Å². The number of halogens is 4. The van der Waals surface area contributed by atoms with E-state index in [0.29, 0.717) is 42.7 Å². The van der Waals surface area contributed by atoms with Crippen molar-refractivity contribution in [3.63, 3.8) is 0 Å². The van der Waals surface area contributed by atoms with E-state index in [1.165, 1.54) is 18.3 Å². The van der Waals surface area contributed by atoms with Gasteiger partial charge in [-0.05, 0) is 70.9 Å². The molecule has 33 heavy (non-hydrogen) atoms. The smallest absolute Gasteiger partial charge is 0.275 e. The molecule has 3 rings (SSSR count). The van der Waals surface area contributed by atoms with Crippen LogP contribution in [0, 0.1) is 0 Å². The van der Waals surface area contributed by atoms with Gasteiger partial charge in [0.05, 0.1) is 22.9 Å². The number of carbonyl (C=O) groups excluding carboxylic acids is 1. The van der Waals surface area contributed by atoms with Crippen LogP contribution in [0.5, 0.6) is 17.2 Å². The number of aromatic hydroxyl groups is 1. The van der Waals surface area contributed by atoms with Crippen molar-refractivity contribution in [3.8, 4) is 17.2 Å². The van der Waals surface area contributed by atoms with Crippen LogP contribution in [-0.4, -0.2) is 23.8 Å². The minimum Gasteiger partial charge on any atom is -0.507 e. The molecular weight excluding hydrogens is 599 g/mol. The molecule has 0 fully saturated rings. The van der Waals surface area contributed by atoms with Gasteiger partial charge in [-0.3, -0.25) is 4.79 Å². The van der Waals surface area contributed by atoms with E-state index in [4.69, 9.17) is 32.7 Å². The molecule has 2 N–H and O–H groups in total. The molecule has 10 heteroatoms.